The molecule has 4 rings (SSSR count). The Hall–Kier alpha value is -2.58. The molecule has 0 aromatic heterocycles. The summed E-state index contributed by atoms with van der Waals surface area (Å²) in [6.45, 7) is 2.35. The van der Waals surface area contributed by atoms with Gasteiger partial charge in [-0.1, -0.05) is 41.9 Å². The Morgan fingerprint density at radius 2 is 1.72 bits per heavy atom. The average molecular weight is 476 g/mol. The molecule has 1 atom stereocenters. The third-order valence-electron chi connectivity index (χ3n) is 6.26. The van der Waals surface area contributed by atoms with Gasteiger partial charge in [0.15, 0.2) is 9.84 Å². The van der Waals surface area contributed by atoms with E-state index in [1.54, 1.807) is 24.1 Å². The first kappa shape index (κ1) is 22.6. The van der Waals surface area contributed by atoms with Gasteiger partial charge >= 0.3 is 6.03 Å². The van der Waals surface area contributed by atoms with E-state index in [-0.39, 0.29) is 28.7 Å². The second-order valence-corrected chi connectivity index (χ2v) is 10.9. The van der Waals surface area contributed by atoms with Crippen molar-refractivity contribution >= 4 is 33.4 Å². The molecule has 2 aromatic rings. The lowest BCUT2D eigenvalue weighted by molar-refractivity contribution is -0.124. The molecule has 0 aliphatic carbocycles. The SMILES string of the molecule is CNC(=O)C1CCN(C(=O)N2CC(c3ccc(-c4ccc(Cl)cc4S(C)(=O)=O)cc3)C2)C1. The van der Waals surface area contributed by atoms with Gasteiger partial charge < -0.3 is 15.1 Å². The summed E-state index contributed by atoms with van der Waals surface area (Å²) >= 11 is 6.00. The maximum Gasteiger partial charge on any atom is 0.320 e. The fourth-order valence-corrected chi connectivity index (χ4v) is 5.54. The van der Waals surface area contributed by atoms with Crippen LogP contribution >= 0.6 is 11.6 Å². The van der Waals surface area contributed by atoms with Crippen LogP contribution in [0.1, 0.15) is 17.9 Å². The standard InChI is InChI=1S/C23H26ClN3O4S/c1-25-22(28)17-9-10-26(12-17)23(29)27-13-18(14-27)15-3-5-16(6-4-15)20-8-7-19(24)11-21(20)32(2,30)31/h3-8,11,17-18H,9-10,12-14H2,1-2H3,(H,25,28). The molecule has 0 bridgehead atoms. The Morgan fingerprint density at radius 3 is 2.34 bits per heavy atom. The molecule has 1 N–H and O–H groups in total. The summed E-state index contributed by atoms with van der Waals surface area (Å²) in [5.74, 6) is 0.102. The number of carbonyl (C=O) groups is 2. The Bertz CT molecular complexity index is 1140. The number of amides is 3. The van der Waals surface area contributed by atoms with Crippen molar-refractivity contribution in [1.82, 2.24) is 15.1 Å². The zero-order valence-electron chi connectivity index (χ0n) is 18.0. The second-order valence-electron chi connectivity index (χ2n) is 8.47. The minimum absolute atomic E-state index is 0.0109. The molecule has 2 aliphatic heterocycles. The number of halogens is 1. The van der Waals surface area contributed by atoms with Gasteiger partial charge in [0, 0.05) is 56.0 Å². The summed E-state index contributed by atoms with van der Waals surface area (Å²) < 4.78 is 24.3. The number of urea groups is 1. The van der Waals surface area contributed by atoms with Gasteiger partial charge in [-0.3, -0.25) is 4.79 Å². The first-order chi connectivity index (χ1) is 15.2. The highest BCUT2D eigenvalue weighted by atomic mass is 35.5. The fourth-order valence-electron chi connectivity index (χ4n) is 4.37. The molecule has 1 unspecified atom stereocenters. The van der Waals surface area contributed by atoms with Crippen molar-refractivity contribution < 1.29 is 18.0 Å². The lowest BCUT2D eigenvalue weighted by Crippen LogP contribution is -2.53. The highest BCUT2D eigenvalue weighted by Gasteiger charge is 2.38. The van der Waals surface area contributed by atoms with Crippen molar-refractivity contribution in [2.24, 2.45) is 5.92 Å². The zero-order valence-corrected chi connectivity index (χ0v) is 19.6. The number of rotatable bonds is 4. The highest BCUT2D eigenvalue weighted by Crippen LogP contribution is 2.33. The first-order valence-electron chi connectivity index (χ1n) is 10.5. The van der Waals surface area contributed by atoms with Crippen LogP contribution < -0.4 is 5.32 Å². The Kier molecular flexibility index (Phi) is 6.18. The van der Waals surface area contributed by atoms with E-state index in [1.807, 2.05) is 29.2 Å². The summed E-state index contributed by atoms with van der Waals surface area (Å²) in [6, 6.07) is 12.7. The minimum Gasteiger partial charge on any atom is -0.359 e. The lowest BCUT2D eigenvalue weighted by Gasteiger charge is -2.41. The smallest absolute Gasteiger partial charge is 0.320 e. The van der Waals surface area contributed by atoms with Crippen LogP contribution in [-0.2, 0) is 14.6 Å². The van der Waals surface area contributed by atoms with E-state index in [9.17, 15) is 18.0 Å². The highest BCUT2D eigenvalue weighted by molar-refractivity contribution is 7.90. The predicted octanol–water partition coefficient (Wildman–Crippen LogP) is 3.00. The summed E-state index contributed by atoms with van der Waals surface area (Å²) in [5, 5.41) is 3.03. The molecule has 2 aliphatic rings. The third kappa shape index (κ3) is 4.47. The number of hydrogen-bond acceptors (Lipinski definition) is 4. The van der Waals surface area contributed by atoms with Gasteiger partial charge in [0.05, 0.1) is 10.8 Å². The number of nitrogens with zero attached hydrogens (tertiary/aromatic N) is 2. The molecule has 0 spiro atoms. The second kappa shape index (κ2) is 8.75. The van der Waals surface area contributed by atoms with Crippen molar-refractivity contribution in [1.29, 1.82) is 0 Å². The number of sulfone groups is 1. The number of carbonyl (C=O) groups excluding carboxylic acids is 2. The predicted molar refractivity (Wildman–Crippen MR) is 123 cm³/mol. The van der Waals surface area contributed by atoms with Crippen molar-refractivity contribution in [3.8, 4) is 11.1 Å². The molecule has 3 amide bonds. The van der Waals surface area contributed by atoms with E-state index >= 15 is 0 Å². The molecule has 2 fully saturated rings. The van der Waals surface area contributed by atoms with E-state index in [0.29, 0.717) is 43.2 Å². The van der Waals surface area contributed by atoms with Crippen LogP contribution in [0.4, 0.5) is 4.79 Å². The summed E-state index contributed by atoms with van der Waals surface area (Å²) in [7, 11) is -1.80. The van der Waals surface area contributed by atoms with E-state index in [1.165, 1.54) is 12.3 Å². The molecule has 0 saturated carbocycles. The average Bonchev–Trinajstić information content (AvgIpc) is 3.22. The van der Waals surface area contributed by atoms with Gasteiger partial charge in [-0.25, -0.2) is 13.2 Å². The minimum atomic E-state index is -3.42. The van der Waals surface area contributed by atoms with Crippen LogP contribution in [0.3, 0.4) is 0 Å². The van der Waals surface area contributed by atoms with Crippen LogP contribution in [-0.4, -0.2) is 69.6 Å². The van der Waals surface area contributed by atoms with E-state index in [0.717, 1.165) is 11.1 Å². The maximum atomic E-state index is 12.7. The molecule has 9 heteroatoms. The van der Waals surface area contributed by atoms with Gasteiger partial charge in [0.2, 0.25) is 5.91 Å². The van der Waals surface area contributed by atoms with Crippen LogP contribution in [0.2, 0.25) is 5.02 Å². The molecular formula is C23H26ClN3O4S. The Morgan fingerprint density at radius 1 is 1.03 bits per heavy atom. The summed E-state index contributed by atoms with van der Waals surface area (Å²) in [5.41, 5.74) is 2.53. The quantitative estimate of drug-likeness (QED) is 0.736. The van der Waals surface area contributed by atoms with E-state index < -0.39 is 9.84 Å². The fraction of sp³-hybridized carbons (Fsp3) is 0.391. The van der Waals surface area contributed by atoms with Crippen molar-refractivity contribution in [2.45, 2.75) is 17.2 Å². The number of nitrogens with one attached hydrogen (secondary N) is 1. The molecule has 32 heavy (non-hydrogen) atoms. The summed E-state index contributed by atoms with van der Waals surface area (Å²) in [4.78, 5) is 28.3. The lowest BCUT2D eigenvalue weighted by atomic mass is 9.90. The van der Waals surface area contributed by atoms with Crippen LogP contribution in [0.5, 0.6) is 0 Å². The van der Waals surface area contributed by atoms with Gasteiger partial charge in [-0.15, -0.1) is 0 Å². The van der Waals surface area contributed by atoms with E-state index in [4.69, 9.17) is 11.6 Å². The summed E-state index contributed by atoms with van der Waals surface area (Å²) in [6.07, 6.45) is 1.87. The molecule has 2 saturated heterocycles. The topological polar surface area (TPSA) is 86.8 Å². The van der Waals surface area contributed by atoms with Crippen LogP contribution in [0.15, 0.2) is 47.4 Å². The zero-order chi connectivity index (χ0) is 23.0. The Labute approximate surface area is 193 Å². The van der Waals surface area contributed by atoms with Gasteiger partial charge in [-0.05, 0) is 29.7 Å². The molecule has 170 valence electrons. The van der Waals surface area contributed by atoms with Gasteiger partial charge in [0.25, 0.3) is 0 Å². The third-order valence-corrected chi connectivity index (χ3v) is 7.64. The normalized spacial score (nSPS) is 19.0. The molecule has 7 nitrogen and oxygen atoms in total. The Balaban J connectivity index is 1.40. The van der Waals surface area contributed by atoms with Gasteiger partial charge in [-0.2, -0.15) is 0 Å². The van der Waals surface area contributed by atoms with Gasteiger partial charge in [0.1, 0.15) is 0 Å². The first-order valence-corrected chi connectivity index (χ1v) is 12.8. The molecular weight excluding hydrogens is 450 g/mol. The van der Waals surface area contributed by atoms with E-state index in [2.05, 4.69) is 5.32 Å². The monoisotopic (exact) mass is 475 g/mol. The largest absolute Gasteiger partial charge is 0.359 e. The van der Waals surface area contributed by atoms with Crippen LogP contribution in [0, 0.1) is 5.92 Å². The molecule has 2 heterocycles. The van der Waals surface area contributed by atoms with Crippen LogP contribution in [0.25, 0.3) is 11.1 Å². The van der Waals surface area contributed by atoms with Crippen molar-refractivity contribution in [2.75, 3.05) is 39.5 Å². The van der Waals surface area contributed by atoms with Crippen molar-refractivity contribution in [3.05, 3.63) is 53.1 Å². The maximum absolute atomic E-state index is 12.7. The number of likely N-dealkylation sites (tertiary alicyclic amines) is 2. The number of benzene rings is 2. The molecule has 0 radical (unpaired) electrons. The van der Waals surface area contributed by atoms with Crippen molar-refractivity contribution in [3.63, 3.8) is 0 Å². The molecule has 2 aromatic carbocycles. The number of hydrogen-bond donors (Lipinski definition) is 1.